The van der Waals surface area contributed by atoms with Gasteiger partial charge in [-0.15, -0.1) is 0 Å². The van der Waals surface area contributed by atoms with E-state index < -0.39 is 5.97 Å². The lowest BCUT2D eigenvalue weighted by molar-refractivity contribution is -0.137. The number of hydrogen-bond donors (Lipinski definition) is 2. The van der Waals surface area contributed by atoms with E-state index in [0.717, 1.165) is 18.6 Å². The third-order valence-corrected chi connectivity index (χ3v) is 3.41. The predicted molar refractivity (Wildman–Crippen MR) is 68.3 cm³/mol. The monoisotopic (exact) mass is 260 g/mol. The van der Waals surface area contributed by atoms with E-state index >= 15 is 0 Å². The van der Waals surface area contributed by atoms with E-state index in [0.29, 0.717) is 12.5 Å². The summed E-state index contributed by atoms with van der Waals surface area (Å²) < 4.78 is 0. The first-order valence-corrected chi connectivity index (χ1v) is 7.18. The lowest BCUT2D eigenvalue weighted by atomic mass is 10.3. The fourth-order valence-electron chi connectivity index (χ4n) is 1.59. The number of urea groups is 1. The van der Waals surface area contributed by atoms with Gasteiger partial charge in [0.1, 0.15) is 6.54 Å². The molecule has 0 aromatic heterocycles. The number of nitrogens with one attached hydrogen (secondary N) is 1. The molecule has 5 nitrogen and oxygen atoms in total. The smallest absolute Gasteiger partial charge is 0.323 e. The maximum Gasteiger partial charge on any atom is 0.323 e. The number of carbonyl (C=O) groups is 2. The van der Waals surface area contributed by atoms with Gasteiger partial charge in [0.15, 0.2) is 0 Å². The number of carbonyl (C=O) groups excluding carboxylic acids is 1. The van der Waals surface area contributed by atoms with Gasteiger partial charge in [-0.3, -0.25) is 4.79 Å². The van der Waals surface area contributed by atoms with E-state index in [2.05, 4.69) is 5.32 Å². The van der Waals surface area contributed by atoms with E-state index in [1.54, 1.807) is 11.8 Å². The molecule has 2 N–H and O–H groups in total. The molecule has 0 spiro atoms. The molecule has 0 saturated heterocycles. The first-order valence-electron chi connectivity index (χ1n) is 5.79. The molecule has 1 aliphatic carbocycles. The van der Waals surface area contributed by atoms with Crippen LogP contribution in [0.25, 0.3) is 0 Å². The summed E-state index contributed by atoms with van der Waals surface area (Å²) in [6.45, 7) is 2.27. The van der Waals surface area contributed by atoms with Crippen LogP contribution in [0, 0.1) is 5.92 Å². The Hall–Kier alpha value is -0.910. The number of carboxylic acids is 1. The number of aliphatic carboxylic acids is 1. The van der Waals surface area contributed by atoms with Crippen molar-refractivity contribution >= 4 is 23.8 Å². The van der Waals surface area contributed by atoms with Crippen LogP contribution >= 0.6 is 11.8 Å². The Morgan fingerprint density at radius 1 is 1.53 bits per heavy atom. The summed E-state index contributed by atoms with van der Waals surface area (Å²) in [6, 6.07) is -0.200. The Bertz CT molecular complexity index is 282. The van der Waals surface area contributed by atoms with Crippen LogP contribution < -0.4 is 5.32 Å². The van der Waals surface area contributed by atoms with E-state index in [4.69, 9.17) is 5.11 Å². The number of amides is 2. The molecule has 0 heterocycles. The molecule has 1 fully saturated rings. The summed E-state index contributed by atoms with van der Waals surface area (Å²) in [5, 5.41) is 11.6. The molecule has 0 aromatic carbocycles. The molecule has 1 aliphatic rings. The van der Waals surface area contributed by atoms with Gasteiger partial charge < -0.3 is 15.3 Å². The highest BCUT2D eigenvalue weighted by atomic mass is 32.2. The van der Waals surface area contributed by atoms with Crippen LogP contribution in [0.2, 0.25) is 0 Å². The van der Waals surface area contributed by atoms with Gasteiger partial charge in [0.2, 0.25) is 0 Å². The van der Waals surface area contributed by atoms with Crippen LogP contribution in [0.4, 0.5) is 4.79 Å². The summed E-state index contributed by atoms with van der Waals surface area (Å²) in [5.41, 5.74) is 0. The van der Waals surface area contributed by atoms with Gasteiger partial charge in [0.05, 0.1) is 0 Å². The van der Waals surface area contributed by atoms with Crippen molar-refractivity contribution < 1.29 is 14.7 Å². The van der Waals surface area contributed by atoms with Crippen molar-refractivity contribution in [1.82, 2.24) is 10.2 Å². The van der Waals surface area contributed by atoms with Gasteiger partial charge in [0, 0.05) is 18.3 Å². The predicted octanol–water partition coefficient (Wildman–Crippen LogP) is 1.24. The molecule has 6 heteroatoms. The zero-order valence-corrected chi connectivity index (χ0v) is 11.1. The molecule has 0 aromatic rings. The summed E-state index contributed by atoms with van der Waals surface area (Å²) in [6.07, 6.45) is 4.18. The van der Waals surface area contributed by atoms with Gasteiger partial charge in [-0.05, 0) is 31.9 Å². The summed E-state index contributed by atoms with van der Waals surface area (Å²) in [4.78, 5) is 24.0. The Morgan fingerprint density at radius 2 is 2.18 bits per heavy atom. The van der Waals surface area contributed by atoms with Crippen LogP contribution in [-0.2, 0) is 4.79 Å². The first kappa shape index (κ1) is 14.2. The first-order chi connectivity index (χ1) is 8.02. The van der Waals surface area contributed by atoms with Crippen LogP contribution in [-0.4, -0.2) is 53.1 Å². The number of nitrogens with zero attached hydrogens (tertiary/aromatic N) is 1. The Morgan fingerprint density at radius 3 is 2.65 bits per heavy atom. The van der Waals surface area contributed by atoms with Gasteiger partial charge in [-0.25, -0.2) is 4.79 Å². The van der Waals surface area contributed by atoms with Gasteiger partial charge in [-0.2, -0.15) is 11.8 Å². The maximum atomic E-state index is 11.9. The van der Waals surface area contributed by atoms with Crippen LogP contribution in [0.5, 0.6) is 0 Å². The molecule has 17 heavy (non-hydrogen) atoms. The third-order valence-electron chi connectivity index (χ3n) is 2.58. The van der Waals surface area contributed by atoms with Crippen molar-refractivity contribution in [1.29, 1.82) is 0 Å². The molecular formula is C11H20N2O3S. The quantitative estimate of drug-likeness (QED) is 0.722. The number of rotatable bonds is 7. The molecular weight excluding hydrogens is 240 g/mol. The molecule has 98 valence electrons. The minimum Gasteiger partial charge on any atom is -0.480 e. The number of hydrogen-bond acceptors (Lipinski definition) is 3. The summed E-state index contributed by atoms with van der Waals surface area (Å²) in [7, 11) is 0. The maximum absolute atomic E-state index is 11.9. The molecule has 0 bridgehead atoms. The van der Waals surface area contributed by atoms with E-state index in [9.17, 15) is 9.59 Å². The van der Waals surface area contributed by atoms with Crippen LogP contribution in [0.15, 0.2) is 0 Å². The van der Waals surface area contributed by atoms with Gasteiger partial charge >= 0.3 is 12.0 Å². The highest BCUT2D eigenvalue weighted by Crippen LogP contribution is 2.29. The van der Waals surface area contributed by atoms with Crippen molar-refractivity contribution in [3.8, 4) is 0 Å². The molecule has 1 unspecified atom stereocenters. The van der Waals surface area contributed by atoms with Crippen molar-refractivity contribution in [2.24, 2.45) is 5.92 Å². The Labute approximate surface area is 106 Å². The highest BCUT2D eigenvalue weighted by molar-refractivity contribution is 7.98. The average molecular weight is 260 g/mol. The Kier molecular flexibility index (Phi) is 5.61. The fraction of sp³-hybridized carbons (Fsp3) is 0.818. The molecule has 1 saturated carbocycles. The van der Waals surface area contributed by atoms with Gasteiger partial charge in [-0.1, -0.05) is 0 Å². The van der Waals surface area contributed by atoms with Gasteiger partial charge in [0.25, 0.3) is 0 Å². The lowest BCUT2D eigenvalue weighted by Gasteiger charge is -2.23. The average Bonchev–Trinajstić information content (AvgIpc) is 3.00. The number of thioether (sulfide) groups is 1. The highest BCUT2D eigenvalue weighted by Gasteiger charge is 2.28. The molecule has 1 atom stereocenters. The SMILES string of the molecule is CSCC(C)NC(=O)N(CC(=O)O)CC1CC1. The molecule has 2 amide bonds. The summed E-state index contributed by atoms with van der Waals surface area (Å²) in [5.74, 6) is 0.366. The minimum atomic E-state index is -0.960. The number of carboxylic acid groups (broad SMARTS) is 1. The summed E-state index contributed by atoms with van der Waals surface area (Å²) >= 11 is 1.65. The fourth-order valence-corrected chi connectivity index (χ4v) is 2.17. The third kappa shape index (κ3) is 5.81. The van der Waals surface area contributed by atoms with E-state index in [1.165, 1.54) is 4.90 Å². The van der Waals surface area contributed by atoms with Crippen molar-refractivity contribution in [2.45, 2.75) is 25.8 Å². The molecule has 1 rings (SSSR count). The lowest BCUT2D eigenvalue weighted by Crippen LogP contribution is -2.47. The van der Waals surface area contributed by atoms with E-state index in [-0.39, 0.29) is 18.6 Å². The zero-order chi connectivity index (χ0) is 12.8. The van der Waals surface area contributed by atoms with Crippen molar-refractivity contribution in [2.75, 3.05) is 25.1 Å². The van der Waals surface area contributed by atoms with Crippen LogP contribution in [0.1, 0.15) is 19.8 Å². The normalized spacial score (nSPS) is 16.4. The second-order valence-corrected chi connectivity index (χ2v) is 5.43. The van der Waals surface area contributed by atoms with Crippen molar-refractivity contribution in [3.05, 3.63) is 0 Å². The molecule has 0 radical (unpaired) electrons. The second-order valence-electron chi connectivity index (χ2n) is 4.52. The van der Waals surface area contributed by atoms with E-state index in [1.807, 2.05) is 13.2 Å². The topological polar surface area (TPSA) is 69.6 Å². The molecule has 0 aliphatic heterocycles. The zero-order valence-electron chi connectivity index (χ0n) is 10.3. The second kappa shape index (κ2) is 6.74. The van der Waals surface area contributed by atoms with Crippen molar-refractivity contribution in [3.63, 3.8) is 0 Å². The standard InChI is InChI=1S/C11H20N2O3S/c1-8(7-17-2)12-11(16)13(6-10(14)15)5-9-3-4-9/h8-9H,3-7H2,1-2H3,(H,12,16)(H,14,15). The van der Waals surface area contributed by atoms with Crippen LogP contribution in [0.3, 0.4) is 0 Å². The largest absolute Gasteiger partial charge is 0.480 e. The Balaban J connectivity index is 2.42. The minimum absolute atomic E-state index is 0.0630.